The van der Waals surface area contributed by atoms with E-state index < -0.39 is 0 Å². The van der Waals surface area contributed by atoms with E-state index in [0.717, 1.165) is 43.0 Å². The van der Waals surface area contributed by atoms with E-state index in [-0.39, 0.29) is 5.91 Å². The van der Waals surface area contributed by atoms with Gasteiger partial charge < -0.3 is 14.0 Å². The highest BCUT2D eigenvalue weighted by molar-refractivity contribution is 6.29. The Kier molecular flexibility index (Phi) is 4.71. The van der Waals surface area contributed by atoms with Crippen LogP contribution in [0.15, 0.2) is 16.9 Å². The van der Waals surface area contributed by atoms with Crippen molar-refractivity contribution in [3.05, 3.63) is 34.7 Å². The highest BCUT2D eigenvalue weighted by atomic mass is 35.5. The lowest BCUT2D eigenvalue weighted by molar-refractivity contribution is -0.132. The zero-order valence-electron chi connectivity index (χ0n) is 13.5. The van der Waals surface area contributed by atoms with Crippen molar-refractivity contribution >= 4 is 17.5 Å². The second kappa shape index (κ2) is 6.74. The van der Waals surface area contributed by atoms with Gasteiger partial charge in [0.1, 0.15) is 5.82 Å². The monoisotopic (exact) mass is 336 g/mol. The first kappa shape index (κ1) is 16.1. The number of carbonyl (C=O) groups excluding carboxylic acids is 1. The van der Waals surface area contributed by atoms with Crippen LogP contribution in [-0.2, 0) is 11.2 Å². The van der Waals surface area contributed by atoms with Crippen LogP contribution in [0.5, 0.6) is 0 Å². The second-order valence-corrected chi connectivity index (χ2v) is 6.38. The van der Waals surface area contributed by atoms with Crippen molar-refractivity contribution in [3.63, 3.8) is 0 Å². The maximum atomic E-state index is 12.5. The van der Waals surface area contributed by atoms with Crippen molar-refractivity contribution in [2.75, 3.05) is 13.1 Å². The number of likely N-dealkylation sites (tertiary alicyclic amines) is 1. The quantitative estimate of drug-likeness (QED) is 0.861. The SMILES string of the molecule is Cc1noc(Cl)c1CCC(=O)N1CCC[C@H](n2ccnc2C)C1. The summed E-state index contributed by atoms with van der Waals surface area (Å²) in [5, 5.41) is 4.11. The lowest BCUT2D eigenvalue weighted by atomic mass is 10.0. The van der Waals surface area contributed by atoms with Crippen LogP contribution in [0.1, 0.15) is 42.4 Å². The van der Waals surface area contributed by atoms with Crippen LogP contribution in [-0.4, -0.2) is 38.6 Å². The van der Waals surface area contributed by atoms with Gasteiger partial charge in [0, 0.05) is 37.5 Å². The van der Waals surface area contributed by atoms with Crippen LogP contribution < -0.4 is 0 Å². The molecule has 0 spiro atoms. The Bertz CT molecular complexity index is 675. The molecule has 2 aromatic rings. The standard InChI is InChI=1S/C16H21ClN4O2/c1-11-14(16(17)23-19-11)5-6-15(22)20-8-3-4-13(10-20)21-9-7-18-12(21)2/h7,9,13H,3-6,8,10H2,1-2H3/t13-/m0/s1. The predicted molar refractivity (Wildman–Crippen MR) is 86.4 cm³/mol. The summed E-state index contributed by atoms with van der Waals surface area (Å²) >= 11 is 5.96. The van der Waals surface area contributed by atoms with E-state index in [4.69, 9.17) is 16.1 Å². The van der Waals surface area contributed by atoms with E-state index >= 15 is 0 Å². The van der Waals surface area contributed by atoms with E-state index in [1.54, 1.807) is 0 Å². The molecule has 0 unspecified atom stereocenters. The molecule has 7 heteroatoms. The van der Waals surface area contributed by atoms with Gasteiger partial charge in [-0.1, -0.05) is 5.16 Å². The van der Waals surface area contributed by atoms with Crippen molar-refractivity contribution in [2.24, 2.45) is 0 Å². The van der Waals surface area contributed by atoms with Crippen LogP contribution in [0.25, 0.3) is 0 Å². The average Bonchev–Trinajstić information content (AvgIpc) is 3.11. The van der Waals surface area contributed by atoms with Crippen LogP contribution >= 0.6 is 11.6 Å². The van der Waals surface area contributed by atoms with Gasteiger partial charge in [-0.3, -0.25) is 4.79 Å². The first-order valence-corrected chi connectivity index (χ1v) is 8.32. The molecule has 0 N–H and O–H groups in total. The van der Waals surface area contributed by atoms with Gasteiger partial charge in [0.15, 0.2) is 0 Å². The van der Waals surface area contributed by atoms with E-state index in [1.807, 2.05) is 31.1 Å². The number of carbonyl (C=O) groups is 1. The van der Waals surface area contributed by atoms with Gasteiger partial charge in [-0.25, -0.2) is 4.98 Å². The van der Waals surface area contributed by atoms with Crippen molar-refractivity contribution in [1.82, 2.24) is 19.6 Å². The molecule has 0 aliphatic carbocycles. The average molecular weight is 337 g/mol. The normalized spacial score (nSPS) is 18.4. The molecule has 0 radical (unpaired) electrons. The second-order valence-electron chi connectivity index (χ2n) is 6.04. The van der Waals surface area contributed by atoms with Gasteiger partial charge in [0.2, 0.25) is 11.1 Å². The Hall–Kier alpha value is -1.82. The van der Waals surface area contributed by atoms with Gasteiger partial charge in [-0.2, -0.15) is 0 Å². The molecule has 124 valence electrons. The predicted octanol–water partition coefficient (Wildman–Crippen LogP) is 2.94. The number of nitrogens with zero attached hydrogens (tertiary/aromatic N) is 4. The van der Waals surface area contributed by atoms with E-state index in [9.17, 15) is 4.79 Å². The van der Waals surface area contributed by atoms with Crippen molar-refractivity contribution < 1.29 is 9.32 Å². The third-order valence-corrected chi connectivity index (χ3v) is 4.83. The number of aromatic nitrogens is 3. The molecular formula is C16H21ClN4O2. The number of piperidine rings is 1. The first-order chi connectivity index (χ1) is 11.1. The Morgan fingerprint density at radius 2 is 2.30 bits per heavy atom. The topological polar surface area (TPSA) is 64.2 Å². The number of imidazole rings is 1. The van der Waals surface area contributed by atoms with Gasteiger partial charge in [-0.15, -0.1) is 0 Å². The minimum Gasteiger partial charge on any atom is -0.344 e. The van der Waals surface area contributed by atoms with Crippen molar-refractivity contribution in [2.45, 2.75) is 45.6 Å². The molecule has 1 saturated heterocycles. The molecule has 0 aromatic carbocycles. The maximum absolute atomic E-state index is 12.5. The largest absolute Gasteiger partial charge is 0.344 e. The van der Waals surface area contributed by atoms with Gasteiger partial charge in [0.25, 0.3) is 0 Å². The smallest absolute Gasteiger partial charge is 0.229 e. The third-order valence-electron chi connectivity index (χ3n) is 4.53. The fraction of sp³-hybridized carbons (Fsp3) is 0.562. The van der Waals surface area contributed by atoms with Gasteiger partial charge in [-0.05, 0) is 44.7 Å². The Balaban J connectivity index is 1.60. The molecule has 0 saturated carbocycles. The lowest BCUT2D eigenvalue weighted by Crippen LogP contribution is -2.40. The highest BCUT2D eigenvalue weighted by Crippen LogP contribution is 2.24. The highest BCUT2D eigenvalue weighted by Gasteiger charge is 2.25. The van der Waals surface area contributed by atoms with Crippen LogP contribution in [0.4, 0.5) is 0 Å². The summed E-state index contributed by atoms with van der Waals surface area (Å²) in [6.45, 7) is 5.40. The summed E-state index contributed by atoms with van der Waals surface area (Å²) in [6.07, 6.45) is 6.90. The molecule has 3 rings (SSSR count). The number of rotatable bonds is 4. The summed E-state index contributed by atoms with van der Waals surface area (Å²) < 4.78 is 7.10. The van der Waals surface area contributed by atoms with Crippen LogP contribution in [0.3, 0.4) is 0 Å². The Morgan fingerprint density at radius 3 is 2.96 bits per heavy atom. The molecule has 1 aliphatic rings. The number of hydrogen-bond acceptors (Lipinski definition) is 4. The van der Waals surface area contributed by atoms with E-state index in [0.29, 0.717) is 24.1 Å². The van der Waals surface area contributed by atoms with Crippen molar-refractivity contribution in [1.29, 1.82) is 0 Å². The number of aryl methyl sites for hydroxylation is 2. The summed E-state index contributed by atoms with van der Waals surface area (Å²) in [6, 6.07) is 0.316. The summed E-state index contributed by atoms with van der Waals surface area (Å²) in [5.74, 6) is 1.15. The van der Waals surface area contributed by atoms with E-state index in [1.165, 1.54) is 0 Å². The minimum absolute atomic E-state index is 0.157. The molecule has 3 heterocycles. The molecule has 23 heavy (non-hydrogen) atoms. The molecule has 1 atom stereocenters. The molecule has 1 aliphatic heterocycles. The zero-order chi connectivity index (χ0) is 16.4. The zero-order valence-corrected chi connectivity index (χ0v) is 14.2. The molecule has 2 aromatic heterocycles. The molecule has 1 fully saturated rings. The number of hydrogen-bond donors (Lipinski definition) is 0. The molecule has 6 nitrogen and oxygen atoms in total. The Morgan fingerprint density at radius 1 is 1.48 bits per heavy atom. The lowest BCUT2D eigenvalue weighted by Gasteiger charge is -2.34. The molecular weight excluding hydrogens is 316 g/mol. The van der Waals surface area contributed by atoms with Crippen LogP contribution in [0, 0.1) is 13.8 Å². The molecule has 1 amide bonds. The summed E-state index contributed by atoms with van der Waals surface area (Å²) in [5.41, 5.74) is 1.59. The van der Waals surface area contributed by atoms with Crippen molar-refractivity contribution in [3.8, 4) is 0 Å². The summed E-state index contributed by atoms with van der Waals surface area (Å²) in [4.78, 5) is 18.8. The van der Waals surface area contributed by atoms with Crippen LogP contribution in [0.2, 0.25) is 5.22 Å². The van der Waals surface area contributed by atoms with Gasteiger partial charge in [0.05, 0.1) is 11.7 Å². The maximum Gasteiger partial charge on any atom is 0.229 e. The minimum atomic E-state index is 0.157. The van der Waals surface area contributed by atoms with Gasteiger partial charge >= 0.3 is 0 Å². The fourth-order valence-electron chi connectivity index (χ4n) is 3.21. The number of amides is 1. The summed E-state index contributed by atoms with van der Waals surface area (Å²) in [7, 11) is 0. The number of halogens is 1. The third kappa shape index (κ3) is 3.42. The fourth-order valence-corrected chi connectivity index (χ4v) is 3.48. The Labute approximate surface area is 140 Å². The molecule has 0 bridgehead atoms. The first-order valence-electron chi connectivity index (χ1n) is 7.94. The van der Waals surface area contributed by atoms with E-state index in [2.05, 4.69) is 14.7 Å².